The summed E-state index contributed by atoms with van der Waals surface area (Å²) in [4.78, 5) is 30.5. The number of piperidine rings is 1. The fourth-order valence-electron chi connectivity index (χ4n) is 3.55. The molecule has 25 heavy (non-hydrogen) atoms. The van der Waals surface area contributed by atoms with Crippen LogP contribution >= 0.6 is 11.8 Å². The molecule has 0 radical (unpaired) electrons. The van der Waals surface area contributed by atoms with E-state index in [0.29, 0.717) is 49.4 Å². The number of carbonyl (C=O) groups excluding carboxylic acids is 2. The summed E-state index contributed by atoms with van der Waals surface area (Å²) in [7, 11) is 0. The standard InChI is InChI=1S/C17H26N4O3S/c1-2-24-16(23)13-7-9-21(10-8-13)14(22)11-25-17-18-15(19-20-17)12-5-3-4-6-12/h12-13H,2-11H2,1H3,(H,18,19,20). The summed E-state index contributed by atoms with van der Waals surface area (Å²) in [5, 5.41) is 7.90. The summed E-state index contributed by atoms with van der Waals surface area (Å²) >= 11 is 1.38. The van der Waals surface area contributed by atoms with E-state index in [4.69, 9.17) is 4.74 Å². The van der Waals surface area contributed by atoms with Crippen LogP contribution in [0, 0.1) is 5.92 Å². The van der Waals surface area contributed by atoms with Crippen molar-refractivity contribution in [3.05, 3.63) is 5.82 Å². The Labute approximate surface area is 152 Å². The lowest BCUT2D eigenvalue weighted by atomic mass is 9.97. The molecule has 1 saturated carbocycles. The maximum Gasteiger partial charge on any atom is 0.309 e. The summed E-state index contributed by atoms with van der Waals surface area (Å²) in [5.41, 5.74) is 0. The van der Waals surface area contributed by atoms with Crippen molar-refractivity contribution in [2.45, 2.75) is 56.5 Å². The second-order valence-electron chi connectivity index (χ2n) is 6.68. The molecule has 1 amide bonds. The third kappa shape index (κ3) is 4.74. The van der Waals surface area contributed by atoms with E-state index in [2.05, 4.69) is 15.2 Å². The molecule has 2 fully saturated rings. The first-order chi connectivity index (χ1) is 12.2. The van der Waals surface area contributed by atoms with Gasteiger partial charge in [0.1, 0.15) is 5.82 Å². The van der Waals surface area contributed by atoms with E-state index >= 15 is 0 Å². The van der Waals surface area contributed by atoms with Crippen LogP contribution in [0.3, 0.4) is 0 Å². The number of ether oxygens (including phenoxy) is 1. The van der Waals surface area contributed by atoms with Crippen LogP contribution in [0.4, 0.5) is 0 Å². The van der Waals surface area contributed by atoms with Crippen LogP contribution < -0.4 is 0 Å². The zero-order chi connectivity index (χ0) is 17.6. The highest BCUT2D eigenvalue weighted by Gasteiger charge is 2.28. The molecule has 1 aromatic heterocycles. The molecule has 1 saturated heterocycles. The molecular weight excluding hydrogens is 340 g/mol. The number of esters is 1. The number of aromatic amines is 1. The van der Waals surface area contributed by atoms with Crippen molar-refractivity contribution in [2.24, 2.45) is 5.92 Å². The number of carbonyl (C=O) groups is 2. The molecule has 8 heteroatoms. The lowest BCUT2D eigenvalue weighted by molar-refractivity contribution is -0.151. The number of nitrogens with zero attached hydrogens (tertiary/aromatic N) is 3. The van der Waals surface area contributed by atoms with Crippen molar-refractivity contribution in [3.8, 4) is 0 Å². The Balaban J connectivity index is 1.42. The normalized spacial score (nSPS) is 19.3. The van der Waals surface area contributed by atoms with Gasteiger partial charge in [0.15, 0.2) is 0 Å². The van der Waals surface area contributed by atoms with E-state index in [1.807, 2.05) is 11.8 Å². The van der Waals surface area contributed by atoms with Gasteiger partial charge in [-0.05, 0) is 32.6 Å². The summed E-state index contributed by atoms with van der Waals surface area (Å²) in [6, 6.07) is 0. The third-order valence-corrected chi connectivity index (χ3v) is 5.85. The van der Waals surface area contributed by atoms with Crippen LogP contribution in [-0.2, 0) is 14.3 Å². The Morgan fingerprint density at radius 1 is 1.24 bits per heavy atom. The average Bonchev–Trinajstić information content (AvgIpc) is 3.31. The van der Waals surface area contributed by atoms with Gasteiger partial charge in [-0.3, -0.25) is 14.7 Å². The molecule has 3 rings (SSSR count). The smallest absolute Gasteiger partial charge is 0.309 e. The lowest BCUT2D eigenvalue weighted by Gasteiger charge is -2.30. The molecule has 0 spiro atoms. The maximum absolute atomic E-state index is 12.4. The fourth-order valence-corrected chi connectivity index (χ4v) is 4.26. The SMILES string of the molecule is CCOC(=O)C1CCN(C(=O)CSc2n[nH]c(C3CCCC3)n2)CC1. The minimum atomic E-state index is -0.135. The first-order valence-electron chi connectivity index (χ1n) is 9.17. The predicted molar refractivity (Wildman–Crippen MR) is 94.3 cm³/mol. The highest BCUT2D eigenvalue weighted by molar-refractivity contribution is 7.99. The van der Waals surface area contributed by atoms with Crippen LogP contribution in [0.15, 0.2) is 5.16 Å². The first kappa shape index (κ1) is 18.2. The summed E-state index contributed by atoms with van der Waals surface area (Å²) in [6.07, 6.45) is 6.23. The number of hydrogen-bond donors (Lipinski definition) is 1. The molecule has 1 aliphatic heterocycles. The van der Waals surface area contributed by atoms with Crippen LogP contribution in [0.25, 0.3) is 0 Å². The van der Waals surface area contributed by atoms with Gasteiger partial charge in [0.05, 0.1) is 18.3 Å². The largest absolute Gasteiger partial charge is 0.466 e. The molecule has 1 aliphatic carbocycles. The number of likely N-dealkylation sites (tertiary alicyclic amines) is 1. The minimum Gasteiger partial charge on any atom is -0.466 e. The van der Waals surface area contributed by atoms with Gasteiger partial charge >= 0.3 is 5.97 Å². The van der Waals surface area contributed by atoms with Gasteiger partial charge in [0.2, 0.25) is 11.1 Å². The number of nitrogens with one attached hydrogen (secondary N) is 1. The van der Waals surface area contributed by atoms with Crippen molar-refractivity contribution in [1.82, 2.24) is 20.1 Å². The zero-order valence-electron chi connectivity index (χ0n) is 14.7. The second kappa shape index (κ2) is 8.69. The number of hydrogen-bond acceptors (Lipinski definition) is 6. The Kier molecular flexibility index (Phi) is 6.34. The van der Waals surface area contributed by atoms with Crippen LogP contribution in [0.5, 0.6) is 0 Å². The second-order valence-corrected chi connectivity index (χ2v) is 7.62. The van der Waals surface area contributed by atoms with Crippen molar-refractivity contribution >= 4 is 23.6 Å². The average molecular weight is 366 g/mol. The quantitative estimate of drug-likeness (QED) is 0.614. The Morgan fingerprint density at radius 2 is 1.96 bits per heavy atom. The third-order valence-electron chi connectivity index (χ3n) is 5.02. The van der Waals surface area contributed by atoms with Gasteiger partial charge in [-0.15, -0.1) is 5.10 Å². The topological polar surface area (TPSA) is 88.2 Å². The van der Waals surface area contributed by atoms with Crippen molar-refractivity contribution in [2.75, 3.05) is 25.4 Å². The number of H-pyrrole nitrogens is 1. The van der Waals surface area contributed by atoms with E-state index in [1.54, 1.807) is 0 Å². The minimum absolute atomic E-state index is 0.0707. The fraction of sp³-hybridized carbons (Fsp3) is 0.765. The summed E-state index contributed by atoms with van der Waals surface area (Å²) in [6.45, 7) is 3.46. The van der Waals surface area contributed by atoms with Crippen LogP contribution in [0.2, 0.25) is 0 Å². The van der Waals surface area contributed by atoms with E-state index in [9.17, 15) is 9.59 Å². The van der Waals surface area contributed by atoms with Crippen molar-refractivity contribution < 1.29 is 14.3 Å². The number of amides is 1. The molecule has 0 aromatic carbocycles. The monoisotopic (exact) mass is 366 g/mol. The van der Waals surface area contributed by atoms with Crippen molar-refractivity contribution in [1.29, 1.82) is 0 Å². The van der Waals surface area contributed by atoms with Gasteiger partial charge in [-0.25, -0.2) is 4.98 Å². The van der Waals surface area contributed by atoms with Crippen molar-refractivity contribution in [3.63, 3.8) is 0 Å². The molecule has 1 N–H and O–H groups in total. The van der Waals surface area contributed by atoms with E-state index < -0.39 is 0 Å². The van der Waals surface area contributed by atoms with Gasteiger partial charge in [0, 0.05) is 19.0 Å². The maximum atomic E-state index is 12.4. The van der Waals surface area contributed by atoms with E-state index in [-0.39, 0.29) is 17.8 Å². The Morgan fingerprint density at radius 3 is 2.64 bits per heavy atom. The molecule has 138 valence electrons. The molecule has 7 nitrogen and oxygen atoms in total. The zero-order valence-corrected chi connectivity index (χ0v) is 15.5. The molecule has 2 aliphatic rings. The number of aromatic nitrogens is 3. The van der Waals surface area contributed by atoms with Gasteiger partial charge < -0.3 is 9.64 Å². The summed E-state index contributed by atoms with van der Waals surface area (Å²) < 4.78 is 5.06. The van der Waals surface area contributed by atoms with E-state index in [1.165, 1.54) is 37.4 Å². The molecule has 1 aromatic rings. The van der Waals surface area contributed by atoms with Crippen LogP contribution in [0.1, 0.15) is 57.2 Å². The van der Waals surface area contributed by atoms with Crippen LogP contribution in [-0.4, -0.2) is 57.4 Å². The number of thioether (sulfide) groups is 1. The Hall–Kier alpha value is -1.57. The molecule has 0 bridgehead atoms. The molecule has 2 heterocycles. The van der Waals surface area contributed by atoms with Gasteiger partial charge in [-0.1, -0.05) is 24.6 Å². The number of rotatable bonds is 6. The van der Waals surface area contributed by atoms with Gasteiger partial charge in [-0.2, -0.15) is 0 Å². The first-order valence-corrected chi connectivity index (χ1v) is 10.2. The highest BCUT2D eigenvalue weighted by atomic mass is 32.2. The predicted octanol–water partition coefficient (Wildman–Crippen LogP) is 2.36. The van der Waals surface area contributed by atoms with E-state index in [0.717, 1.165) is 5.82 Å². The van der Waals surface area contributed by atoms with Gasteiger partial charge in [0.25, 0.3) is 0 Å². The summed E-state index contributed by atoms with van der Waals surface area (Å²) in [5.74, 6) is 1.68. The molecule has 0 unspecified atom stereocenters. The molecule has 0 atom stereocenters. The lowest BCUT2D eigenvalue weighted by Crippen LogP contribution is -2.41. The molecular formula is C17H26N4O3S. The highest BCUT2D eigenvalue weighted by Crippen LogP contribution is 2.32. The Bertz CT molecular complexity index is 592.